The Kier molecular flexibility index (Phi) is 6.53. The molecule has 2 saturated heterocycles. The highest BCUT2D eigenvalue weighted by atomic mass is 32.1. The second-order valence-corrected chi connectivity index (χ2v) is 10.2. The van der Waals surface area contributed by atoms with Gasteiger partial charge in [-0.15, -0.1) is 11.3 Å². The van der Waals surface area contributed by atoms with Gasteiger partial charge in [0.05, 0.1) is 28.4 Å². The summed E-state index contributed by atoms with van der Waals surface area (Å²) in [5.74, 6) is 0.153. The van der Waals surface area contributed by atoms with E-state index in [0.717, 1.165) is 59.9 Å². The van der Waals surface area contributed by atoms with Gasteiger partial charge in [0.15, 0.2) is 0 Å². The summed E-state index contributed by atoms with van der Waals surface area (Å²) in [6, 6.07) is 17.4. The number of thiazole rings is 1. The van der Waals surface area contributed by atoms with Gasteiger partial charge in [0.2, 0.25) is 0 Å². The van der Waals surface area contributed by atoms with Gasteiger partial charge in [-0.1, -0.05) is 30.3 Å². The molecule has 0 aliphatic carbocycles. The monoisotopic (exact) mass is 449 g/mol. The summed E-state index contributed by atoms with van der Waals surface area (Å²) in [4.78, 5) is 22.3. The van der Waals surface area contributed by atoms with Crippen molar-refractivity contribution in [1.82, 2.24) is 14.8 Å². The van der Waals surface area contributed by atoms with Crippen LogP contribution in [0.15, 0.2) is 48.5 Å². The number of hydrogen-bond acceptors (Lipinski definition) is 5. The van der Waals surface area contributed by atoms with Crippen molar-refractivity contribution in [2.24, 2.45) is 0 Å². The Balaban J connectivity index is 1.14. The van der Waals surface area contributed by atoms with Crippen molar-refractivity contribution in [2.45, 2.75) is 51.3 Å². The summed E-state index contributed by atoms with van der Waals surface area (Å²) in [6.45, 7) is 6.30. The lowest BCUT2D eigenvalue weighted by Gasteiger charge is -2.39. The minimum absolute atomic E-state index is 0.153. The number of likely N-dealkylation sites (tertiary alicyclic amines) is 2. The maximum Gasteiger partial charge on any atom is 0.253 e. The number of carbonyl (C=O) groups excluding carboxylic acids is 1. The first kappa shape index (κ1) is 21.6. The number of carbonyl (C=O) groups is 1. The molecule has 3 aromatic rings. The van der Waals surface area contributed by atoms with Gasteiger partial charge >= 0.3 is 0 Å². The largest absolute Gasteiger partial charge is 0.375 e. The molecule has 2 aliphatic heterocycles. The molecule has 0 radical (unpaired) electrons. The van der Waals surface area contributed by atoms with Gasteiger partial charge in [-0.25, -0.2) is 4.98 Å². The van der Waals surface area contributed by atoms with Gasteiger partial charge in [0.25, 0.3) is 5.91 Å². The molecule has 1 amide bonds. The minimum atomic E-state index is 0.153. The number of aromatic nitrogens is 1. The number of ether oxygens (including phenoxy) is 1. The molecule has 32 heavy (non-hydrogen) atoms. The van der Waals surface area contributed by atoms with Gasteiger partial charge in [-0.05, 0) is 62.9 Å². The Morgan fingerprint density at radius 2 is 1.91 bits per heavy atom. The second-order valence-electron chi connectivity index (χ2n) is 8.97. The second kappa shape index (κ2) is 9.69. The number of fused-ring (bicyclic) bond motifs is 1. The summed E-state index contributed by atoms with van der Waals surface area (Å²) in [7, 11) is 0. The molecule has 0 spiro atoms. The smallest absolute Gasteiger partial charge is 0.253 e. The van der Waals surface area contributed by atoms with Gasteiger partial charge in [0.1, 0.15) is 0 Å². The SMILES string of the molecule is Cc1nc2ccc(C(=O)N3CCC(N4CCC[C@H]4COCc4ccccc4)CC3)cc2s1. The van der Waals surface area contributed by atoms with E-state index < -0.39 is 0 Å². The van der Waals surface area contributed by atoms with E-state index in [4.69, 9.17) is 4.74 Å². The van der Waals surface area contributed by atoms with E-state index in [9.17, 15) is 4.79 Å². The molecule has 0 N–H and O–H groups in total. The molecule has 168 valence electrons. The molecule has 6 heteroatoms. The molecule has 5 nitrogen and oxygen atoms in total. The van der Waals surface area contributed by atoms with E-state index in [0.29, 0.717) is 18.7 Å². The number of nitrogens with zero attached hydrogens (tertiary/aromatic N) is 3. The van der Waals surface area contributed by atoms with Crippen molar-refractivity contribution in [1.29, 1.82) is 0 Å². The van der Waals surface area contributed by atoms with Crippen LogP contribution < -0.4 is 0 Å². The third-order valence-corrected chi connectivity index (χ3v) is 7.74. The summed E-state index contributed by atoms with van der Waals surface area (Å²) >= 11 is 1.65. The van der Waals surface area contributed by atoms with E-state index in [1.165, 1.54) is 18.4 Å². The minimum Gasteiger partial charge on any atom is -0.375 e. The van der Waals surface area contributed by atoms with Crippen molar-refractivity contribution in [2.75, 3.05) is 26.2 Å². The van der Waals surface area contributed by atoms with Crippen LogP contribution in [-0.4, -0.2) is 59.0 Å². The molecule has 5 rings (SSSR count). The Morgan fingerprint density at radius 3 is 2.72 bits per heavy atom. The van der Waals surface area contributed by atoms with Crippen LogP contribution in [-0.2, 0) is 11.3 Å². The Bertz CT molecular complexity index is 1060. The van der Waals surface area contributed by atoms with Gasteiger partial charge < -0.3 is 9.64 Å². The summed E-state index contributed by atoms with van der Waals surface area (Å²) in [5.41, 5.74) is 3.00. The molecule has 0 saturated carbocycles. The highest BCUT2D eigenvalue weighted by Crippen LogP contribution is 2.28. The first-order valence-corrected chi connectivity index (χ1v) is 12.5. The third-order valence-electron chi connectivity index (χ3n) is 6.81. The molecular weight excluding hydrogens is 418 g/mol. The molecule has 2 aliphatic rings. The lowest BCUT2D eigenvalue weighted by Crippen LogP contribution is -2.49. The predicted octanol–water partition coefficient (Wildman–Crippen LogP) is 4.89. The van der Waals surface area contributed by atoms with Crippen LogP contribution in [0.25, 0.3) is 10.2 Å². The van der Waals surface area contributed by atoms with Crippen LogP contribution in [0.2, 0.25) is 0 Å². The Hall–Kier alpha value is -2.28. The summed E-state index contributed by atoms with van der Waals surface area (Å²) in [5, 5.41) is 1.04. The number of benzene rings is 2. The average molecular weight is 450 g/mol. The highest BCUT2D eigenvalue weighted by Gasteiger charge is 2.34. The van der Waals surface area contributed by atoms with Crippen molar-refractivity contribution in [3.8, 4) is 0 Å². The van der Waals surface area contributed by atoms with Crippen LogP contribution in [0.5, 0.6) is 0 Å². The molecule has 0 unspecified atom stereocenters. The predicted molar refractivity (Wildman–Crippen MR) is 129 cm³/mol. The van der Waals surface area contributed by atoms with E-state index in [1.54, 1.807) is 11.3 Å². The number of piperidine rings is 1. The fourth-order valence-corrected chi connectivity index (χ4v) is 6.03. The van der Waals surface area contributed by atoms with E-state index in [-0.39, 0.29) is 5.91 Å². The maximum absolute atomic E-state index is 13.1. The number of aryl methyl sites for hydroxylation is 1. The highest BCUT2D eigenvalue weighted by molar-refractivity contribution is 7.18. The zero-order valence-electron chi connectivity index (χ0n) is 18.7. The van der Waals surface area contributed by atoms with Crippen LogP contribution in [0, 0.1) is 6.92 Å². The van der Waals surface area contributed by atoms with Crippen LogP contribution in [0.3, 0.4) is 0 Å². The third kappa shape index (κ3) is 4.72. The average Bonchev–Trinajstić information content (AvgIpc) is 3.44. The van der Waals surface area contributed by atoms with Crippen molar-refractivity contribution < 1.29 is 9.53 Å². The first-order chi connectivity index (χ1) is 15.7. The lowest BCUT2D eigenvalue weighted by atomic mass is 10.0. The van der Waals surface area contributed by atoms with Gasteiger partial charge in [-0.2, -0.15) is 0 Å². The number of rotatable bonds is 6. The van der Waals surface area contributed by atoms with Crippen molar-refractivity contribution >= 4 is 27.5 Å². The molecular formula is C26H31N3O2S. The molecule has 2 aromatic carbocycles. The standard InChI is InChI=1S/C26H31N3O2S/c1-19-27-24-10-9-21(16-25(24)32-19)26(30)28-14-11-22(12-15-28)29-13-5-8-23(29)18-31-17-20-6-3-2-4-7-20/h2-4,6-7,9-10,16,22-23H,5,8,11-15,17-18H2,1H3/t23-/m0/s1. The van der Waals surface area contributed by atoms with Crippen LogP contribution >= 0.6 is 11.3 Å². The quantitative estimate of drug-likeness (QED) is 0.538. The maximum atomic E-state index is 13.1. The molecule has 1 aromatic heterocycles. The van der Waals surface area contributed by atoms with Crippen molar-refractivity contribution in [3.63, 3.8) is 0 Å². The van der Waals surface area contributed by atoms with Gasteiger partial charge in [-0.3, -0.25) is 9.69 Å². The van der Waals surface area contributed by atoms with Gasteiger partial charge in [0, 0.05) is 30.7 Å². The van der Waals surface area contributed by atoms with E-state index >= 15 is 0 Å². The molecule has 0 bridgehead atoms. The van der Waals surface area contributed by atoms with Crippen LogP contribution in [0.1, 0.15) is 46.6 Å². The molecule has 3 heterocycles. The molecule has 2 fully saturated rings. The van der Waals surface area contributed by atoms with E-state index in [2.05, 4.69) is 34.1 Å². The first-order valence-electron chi connectivity index (χ1n) is 11.7. The number of hydrogen-bond donors (Lipinski definition) is 0. The lowest BCUT2D eigenvalue weighted by molar-refractivity contribution is 0.0314. The number of amides is 1. The van der Waals surface area contributed by atoms with E-state index in [1.807, 2.05) is 36.1 Å². The normalized spacial score (nSPS) is 20.3. The Morgan fingerprint density at radius 1 is 1.09 bits per heavy atom. The summed E-state index contributed by atoms with van der Waals surface area (Å²) < 4.78 is 7.16. The Labute approximate surface area is 194 Å². The fourth-order valence-electron chi connectivity index (χ4n) is 5.16. The molecule has 1 atom stereocenters. The zero-order valence-corrected chi connectivity index (χ0v) is 19.5. The summed E-state index contributed by atoms with van der Waals surface area (Å²) in [6.07, 6.45) is 4.54. The topological polar surface area (TPSA) is 45.7 Å². The fraction of sp³-hybridized carbons (Fsp3) is 0.462. The van der Waals surface area contributed by atoms with Crippen LogP contribution in [0.4, 0.5) is 0 Å². The van der Waals surface area contributed by atoms with Crippen molar-refractivity contribution in [3.05, 3.63) is 64.7 Å². The zero-order chi connectivity index (χ0) is 21.9.